The summed E-state index contributed by atoms with van der Waals surface area (Å²) in [6, 6.07) is 16.8. The van der Waals surface area contributed by atoms with E-state index in [0.29, 0.717) is 24.4 Å². The van der Waals surface area contributed by atoms with Crippen molar-refractivity contribution in [1.29, 1.82) is 5.26 Å². The minimum atomic E-state index is -0.0236. The topological polar surface area (TPSA) is 78.7 Å². The summed E-state index contributed by atoms with van der Waals surface area (Å²) in [5.41, 5.74) is 2.69. The van der Waals surface area contributed by atoms with E-state index in [4.69, 9.17) is 19.7 Å². The zero-order valence-corrected chi connectivity index (χ0v) is 18.7. The van der Waals surface area contributed by atoms with E-state index in [1.807, 2.05) is 29.2 Å². The molecule has 1 aromatic heterocycles. The third kappa shape index (κ3) is 5.44. The first-order valence-corrected chi connectivity index (χ1v) is 11.2. The van der Waals surface area contributed by atoms with Crippen LogP contribution in [0, 0.1) is 11.3 Å². The molecule has 32 heavy (non-hydrogen) atoms. The van der Waals surface area contributed by atoms with Crippen LogP contribution in [0.3, 0.4) is 0 Å². The van der Waals surface area contributed by atoms with Crippen LogP contribution in [-0.2, 0) is 11.3 Å². The third-order valence-corrected chi connectivity index (χ3v) is 6.29. The maximum atomic E-state index is 12.5. The molecule has 1 saturated heterocycles. The van der Waals surface area contributed by atoms with Gasteiger partial charge in [-0.15, -0.1) is 11.3 Å². The van der Waals surface area contributed by atoms with Gasteiger partial charge in [0, 0.05) is 43.7 Å². The summed E-state index contributed by atoms with van der Waals surface area (Å²) in [6.07, 6.45) is 0. The van der Waals surface area contributed by atoms with Crippen molar-refractivity contribution in [3.8, 4) is 28.1 Å². The molecule has 2 heterocycles. The van der Waals surface area contributed by atoms with Gasteiger partial charge in [0.15, 0.2) is 6.61 Å². The number of amides is 1. The molecule has 3 aromatic rings. The van der Waals surface area contributed by atoms with Gasteiger partial charge in [-0.25, -0.2) is 4.98 Å². The van der Waals surface area contributed by atoms with E-state index in [0.717, 1.165) is 41.6 Å². The Balaban J connectivity index is 1.23. The van der Waals surface area contributed by atoms with Gasteiger partial charge in [0.2, 0.25) is 0 Å². The van der Waals surface area contributed by atoms with Crippen molar-refractivity contribution in [2.24, 2.45) is 0 Å². The molecule has 1 aliphatic heterocycles. The van der Waals surface area contributed by atoms with Gasteiger partial charge in [0.25, 0.3) is 5.91 Å². The Bertz CT molecular complexity index is 1080. The maximum Gasteiger partial charge on any atom is 0.260 e. The smallest absolute Gasteiger partial charge is 0.260 e. The lowest BCUT2D eigenvalue weighted by Gasteiger charge is -2.34. The summed E-state index contributed by atoms with van der Waals surface area (Å²) in [5, 5.41) is 11.9. The predicted octanol–water partition coefficient (Wildman–Crippen LogP) is 3.41. The van der Waals surface area contributed by atoms with Crippen molar-refractivity contribution >= 4 is 17.2 Å². The van der Waals surface area contributed by atoms with Crippen LogP contribution < -0.4 is 9.47 Å². The number of rotatable bonds is 7. The minimum absolute atomic E-state index is 0.00318. The number of hydrogen-bond donors (Lipinski definition) is 0. The molecule has 0 bridgehead atoms. The van der Waals surface area contributed by atoms with Crippen molar-refractivity contribution < 1.29 is 14.3 Å². The van der Waals surface area contributed by atoms with Gasteiger partial charge in [0.05, 0.1) is 24.4 Å². The van der Waals surface area contributed by atoms with Crippen molar-refractivity contribution in [1.82, 2.24) is 14.8 Å². The number of nitrogens with zero attached hydrogens (tertiary/aromatic N) is 4. The van der Waals surface area contributed by atoms with Crippen LogP contribution in [-0.4, -0.2) is 60.6 Å². The molecular formula is C24H24N4O3S. The van der Waals surface area contributed by atoms with Crippen molar-refractivity contribution in [2.75, 3.05) is 39.9 Å². The molecule has 0 unspecified atom stereocenters. The number of benzene rings is 2. The first-order chi connectivity index (χ1) is 15.6. The molecule has 0 radical (unpaired) electrons. The van der Waals surface area contributed by atoms with Gasteiger partial charge in [0.1, 0.15) is 16.5 Å². The summed E-state index contributed by atoms with van der Waals surface area (Å²) in [5.74, 6) is 1.40. The number of carbonyl (C=O) groups is 1. The lowest BCUT2D eigenvalue weighted by molar-refractivity contribution is -0.135. The monoisotopic (exact) mass is 448 g/mol. The highest BCUT2D eigenvalue weighted by molar-refractivity contribution is 7.13. The largest absolute Gasteiger partial charge is 0.497 e. The van der Waals surface area contributed by atoms with Crippen LogP contribution in [0.1, 0.15) is 11.3 Å². The molecular weight excluding hydrogens is 424 g/mol. The number of piperazine rings is 1. The number of thiazole rings is 1. The van der Waals surface area contributed by atoms with Gasteiger partial charge >= 0.3 is 0 Å². The number of nitriles is 1. The molecule has 8 heteroatoms. The number of ether oxygens (including phenoxy) is 2. The molecule has 1 amide bonds. The summed E-state index contributed by atoms with van der Waals surface area (Å²) in [7, 11) is 1.66. The predicted molar refractivity (Wildman–Crippen MR) is 123 cm³/mol. The number of hydrogen-bond acceptors (Lipinski definition) is 7. The number of carbonyl (C=O) groups excluding carboxylic acids is 1. The third-order valence-electron chi connectivity index (χ3n) is 5.35. The second-order valence-electron chi connectivity index (χ2n) is 7.45. The SMILES string of the molecule is COc1ccc(-c2nc(CN3CCN(C(=O)COc4ccc(C#N)cc4)CC3)cs2)cc1. The van der Waals surface area contributed by atoms with E-state index >= 15 is 0 Å². The second-order valence-corrected chi connectivity index (χ2v) is 8.31. The van der Waals surface area contributed by atoms with E-state index in [1.54, 1.807) is 42.7 Å². The fourth-order valence-corrected chi connectivity index (χ4v) is 4.31. The molecule has 0 saturated carbocycles. The second kappa shape index (κ2) is 10.3. The van der Waals surface area contributed by atoms with Crippen LogP contribution in [0.5, 0.6) is 11.5 Å². The standard InChI is InChI=1S/C24H24N4O3S/c1-30-21-8-4-19(5-9-21)24-26-20(17-32-24)15-27-10-12-28(13-11-27)23(29)16-31-22-6-2-18(14-25)3-7-22/h2-9,17H,10-13,15-16H2,1H3. The van der Waals surface area contributed by atoms with Crippen molar-refractivity contribution in [3.63, 3.8) is 0 Å². The Morgan fingerprint density at radius 2 is 1.75 bits per heavy atom. The Hall–Kier alpha value is -3.41. The zero-order chi connectivity index (χ0) is 22.3. The van der Waals surface area contributed by atoms with E-state index in [9.17, 15) is 4.79 Å². The summed E-state index contributed by atoms with van der Waals surface area (Å²) in [4.78, 5) is 21.4. The van der Waals surface area contributed by atoms with E-state index in [-0.39, 0.29) is 12.5 Å². The van der Waals surface area contributed by atoms with Gasteiger partial charge < -0.3 is 14.4 Å². The lowest BCUT2D eigenvalue weighted by atomic mass is 10.2. The Morgan fingerprint density at radius 3 is 2.41 bits per heavy atom. The Labute approximate surface area is 191 Å². The first-order valence-electron chi connectivity index (χ1n) is 10.4. The number of methoxy groups -OCH3 is 1. The van der Waals surface area contributed by atoms with Crippen LogP contribution in [0.2, 0.25) is 0 Å². The van der Waals surface area contributed by atoms with E-state index < -0.39 is 0 Å². The maximum absolute atomic E-state index is 12.5. The normalized spacial score (nSPS) is 14.1. The van der Waals surface area contributed by atoms with Gasteiger partial charge in [-0.3, -0.25) is 9.69 Å². The van der Waals surface area contributed by atoms with Crippen LogP contribution >= 0.6 is 11.3 Å². The Morgan fingerprint density at radius 1 is 1.06 bits per heavy atom. The van der Waals surface area contributed by atoms with Crippen LogP contribution in [0.15, 0.2) is 53.9 Å². The summed E-state index contributed by atoms with van der Waals surface area (Å²) in [6.45, 7) is 3.73. The van der Waals surface area contributed by atoms with Gasteiger partial charge in [-0.05, 0) is 48.5 Å². The zero-order valence-electron chi connectivity index (χ0n) is 17.9. The molecule has 7 nitrogen and oxygen atoms in total. The van der Waals surface area contributed by atoms with Crippen molar-refractivity contribution in [3.05, 3.63) is 65.2 Å². The highest BCUT2D eigenvalue weighted by Gasteiger charge is 2.22. The molecule has 1 aliphatic rings. The molecule has 1 fully saturated rings. The van der Waals surface area contributed by atoms with Gasteiger partial charge in [-0.1, -0.05) is 0 Å². The molecule has 0 atom stereocenters. The molecule has 4 rings (SSSR count). The average Bonchev–Trinajstić information content (AvgIpc) is 3.32. The minimum Gasteiger partial charge on any atom is -0.497 e. The van der Waals surface area contributed by atoms with E-state index in [2.05, 4.69) is 16.3 Å². The Kier molecular flexibility index (Phi) is 7.00. The lowest BCUT2D eigenvalue weighted by Crippen LogP contribution is -2.49. The van der Waals surface area contributed by atoms with Crippen LogP contribution in [0.4, 0.5) is 0 Å². The van der Waals surface area contributed by atoms with E-state index in [1.165, 1.54) is 0 Å². The molecule has 0 spiro atoms. The summed E-state index contributed by atoms with van der Waals surface area (Å²) >= 11 is 1.64. The molecule has 0 aliphatic carbocycles. The van der Waals surface area contributed by atoms with Crippen LogP contribution in [0.25, 0.3) is 10.6 Å². The van der Waals surface area contributed by atoms with Gasteiger partial charge in [-0.2, -0.15) is 5.26 Å². The fourth-order valence-electron chi connectivity index (χ4n) is 3.49. The molecule has 0 N–H and O–H groups in total. The molecule has 164 valence electrons. The van der Waals surface area contributed by atoms with Crippen molar-refractivity contribution in [2.45, 2.75) is 6.54 Å². The summed E-state index contributed by atoms with van der Waals surface area (Å²) < 4.78 is 10.8. The average molecular weight is 449 g/mol. The highest BCUT2D eigenvalue weighted by Crippen LogP contribution is 2.26. The molecule has 2 aromatic carbocycles. The quantitative estimate of drug-likeness (QED) is 0.551. The highest BCUT2D eigenvalue weighted by atomic mass is 32.1. The fraction of sp³-hybridized carbons (Fsp3) is 0.292. The first kappa shape index (κ1) is 21.8. The number of aromatic nitrogens is 1.